The molecule has 1 saturated carbocycles. The first-order valence-electron chi connectivity index (χ1n) is 10.9. The van der Waals surface area contributed by atoms with Crippen LogP contribution in [0.2, 0.25) is 5.02 Å². The molecular weight excluding hydrogens is 396 g/mol. The van der Waals surface area contributed by atoms with Gasteiger partial charge in [-0.1, -0.05) is 42.8 Å². The highest BCUT2D eigenvalue weighted by Crippen LogP contribution is 2.42. The van der Waals surface area contributed by atoms with Crippen LogP contribution in [0.25, 0.3) is 0 Å². The van der Waals surface area contributed by atoms with Crippen molar-refractivity contribution in [2.75, 3.05) is 19.6 Å². The molecule has 4 rings (SSSR count). The smallest absolute Gasteiger partial charge is 0.254 e. The fourth-order valence-corrected chi connectivity index (χ4v) is 5.13. The normalized spacial score (nSPS) is 22.6. The van der Waals surface area contributed by atoms with E-state index in [1.807, 2.05) is 24.3 Å². The monoisotopic (exact) mass is 424 g/mol. The number of amides is 2. The molecular formula is C25H29ClN2O2. The Kier molecular flexibility index (Phi) is 6.43. The molecule has 2 aliphatic rings. The fraction of sp³-hybridized carbons (Fsp3) is 0.440. The Hall–Kier alpha value is -2.33. The minimum Gasteiger partial charge on any atom is -0.353 e. The molecule has 1 N–H and O–H groups in total. The van der Waals surface area contributed by atoms with Gasteiger partial charge in [-0.3, -0.25) is 9.59 Å². The highest BCUT2D eigenvalue weighted by atomic mass is 35.5. The van der Waals surface area contributed by atoms with Gasteiger partial charge in [0.15, 0.2) is 0 Å². The Labute approximate surface area is 183 Å². The molecule has 2 amide bonds. The van der Waals surface area contributed by atoms with Crippen molar-refractivity contribution in [1.82, 2.24) is 10.2 Å². The van der Waals surface area contributed by atoms with Crippen molar-refractivity contribution < 1.29 is 9.59 Å². The SMILES string of the molecule is C[C@@H](C[C@H]1CC[C@@H](c2ccc(C(=O)N3CCNC(=O)C3)cc2)C1)c1cccc(Cl)c1. The molecule has 1 heterocycles. The molecule has 30 heavy (non-hydrogen) atoms. The Morgan fingerprint density at radius 2 is 2.00 bits per heavy atom. The summed E-state index contributed by atoms with van der Waals surface area (Å²) in [7, 11) is 0. The van der Waals surface area contributed by atoms with E-state index in [4.69, 9.17) is 11.6 Å². The van der Waals surface area contributed by atoms with Crippen molar-refractivity contribution in [3.8, 4) is 0 Å². The van der Waals surface area contributed by atoms with Crippen molar-refractivity contribution in [1.29, 1.82) is 0 Å². The summed E-state index contributed by atoms with van der Waals surface area (Å²) in [6.45, 7) is 3.54. The van der Waals surface area contributed by atoms with Gasteiger partial charge in [-0.15, -0.1) is 0 Å². The summed E-state index contributed by atoms with van der Waals surface area (Å²) in [6, 6.07) is 16.3. The van der Waals surface area contributed by atoms with E-state index in [1.165, 1.54) is 36.8 Å². The van der Waals surface area contributed by atoms with Gasteiger partial charge in [-0.25, -0.2) is 0 Å². The van der Waals surface area contributed by atoms with Crippen LogP contribution in [-0.2, 0) is 4.79 Å². The molecule has 5 heteroatoms. The summed E-state index contributed by atoms with van der Waals surface area (Å²) in [6.07, 6.45) is 4.83. The molecule has 3 atom stereocenters. The van der Waals surface area contributed by atoms with Crippen LogP contribution in [0.15, 0.2) is 48.5 Å². The van der Waals surface area contributed by atoms with E-state index in [0.29, 0.717) is 30.5 Å². The summed E-state index contributed by atoms with van der Waals surface area (Å²) in [5.74, 6) is 1.64. The number of piperazine rings is 1. The van der Waals surface area contributed by atoms with Crippen LogP contribution in [0.3, 0.4) is 0 Å². The predicted molar refractivity (Wildman–Crippen MR) is 120 cm³/mol. The van der Waals surface area contributed by atoms with Crippen molar-refractivity contribution in [3.63, 3.8) is 0 Å². The van der Waals surface area contributed by atoms with Crippen LogP contribution in [0, 0.1) is 5.92 Å². The molecule has 0 unspecified atom stereocenters. The van der Waals surface area contributed by atoms with Crippen molar-refractivity contribution in [3.05, 3.63) is 70.2 Å². The lowest BCUT2D eigenvalue weighted by molar-refractivity contribution is -0.123. The zero-order valence-corrected chi connectivity index (χ0v) is 18.2. The second kappa shape index (κ2) is 9.22. The van der Waals surface area contributed by atoms with Crippen LogP contribution >= 0.6 is 11.6 Å². The highest BCUT2D eigenvalue weighted by molar-refractivity contribution is 6.30. The summed E-state index contributed by atoms with van der Waals surface area (Å²) in [4.78, 5) is 25.8. The fourth-order valence-electron chi connectivity index (χ4n) is 4.93. The number of benzene rings is 2. The van der Waals surface area contributed by atoms with Crippen LogP contribution in [0.1, 0.15) is 65.9 Å². The zero-order chi connectivity index (χ0) is 21.1. The Morgan fingerprint density at radius 1 is 1.20 bits per heavy atom. The lowest BCUT2D eigenvalue weighted by atomic mass is 9.88. The Balaban J connectivity index is 1.34. The molecule has 1 aliphatic carbocycles. The topological polar surface area (TPSA) is 49.4 Å². The number of hydrogen-bond donors (Lipinski definition) is 1. The first-order chi connectivity index (χ1) is 14.5. The molecule has 1 aliphatic heterocycles. The molecule has 4 nitrogen and oxygen atoms in total. The number of halogens is 1. The van der Waals surface area contributed by atoms with Crippen molar-refractivity contribution >= 4 is 23.4 Å². The van der Waals surface area contributed by atoms with E-state index >= 15 is 0 Å². The number of carbonyl (C=O) groups is 2. The quantitative estimate of drug-likeness (QED) is 0.735. The number of nitrogens with zero attached hydrogens (tertiary/aromatic N) is 1. The first kappa shape index (κ1) is 20.9. The third-order valence-corrected chi connectivity index (χ3v) is 6.84. The molecule has 0 bridgehead atoms. The van der Waals surface area contributed by atoms with E-state index in [2.05, 4.69) is 36.5 Å². The van der Waals surface area contributed by atoms with Crippen LogP contribution in [0.4, 0.5) is 0 Å². The summed E-state index contributed by atoms with van der Waals surface area (Å²) < 4.78 is 0. The van der Waals surface area contributed by atoms with Crippen molar-refractivity contribution in [2.24, 2.45) is 5.92 Å². The Bertz CT molecular complexity index is 912. The van der Waals surface area contributed by atoms with E-state index in [1.54, 1.807) is 4.90 Å². The van der Waals surface area contributed by atoms with Crippen LogP contribution in [0.5, 0.6) is 0 Å². The van der Waals surface area contributed by atoms with Gasteiger partial charge in [0, 0.05) is 23.7 Å². The molecule has 2 fully saturated rings. The number of hydrogen-bond acceptors (Lipinski definition) is 2. The van der Waals surface area contributed by atoms with Gasteiger partial charge in [0.25, 0.3) is 5.91 Å². The van der Waals surface area contributed by atoms with Gasteiger partial charge >= 0.3 is 0 Å². The molecule has 0 radical (unpaired) electrons. The molecule has 0 aromatic heterocycles. The summed E-state index contributed by atoms with van der Waals surface area (Å²) in [5.41, 5.74) is 3.30. The number of rotatable bonds is 5. The minimum absolute atomic E-state index is 0.0592. The third-order valence-electron chi connectivity index (χ3n) is 6.60. The number of nitrogens with one attached hydrogen (secondary N) is 1. The van der Waals surface area contributed by atoms with E-state index in [0.717, 1.165) is 10.9 Å². The first-order valence-corrected chi connectivity index (χ1v) is 11.3. The average Bonchev–Trinajstić information content (AvgIpc) is 3.22. The second-order valence-corrected chi connectivity index (χ2v) is 9.20. The number of carbonyl (C=O) groups excluding carboxylic acids is 2. The van der Waals surface area contributed by atoms with E-state index in [9.17, 15) is 9.59 Å². The van der Waals surface area contributed by atoms with E-state index < -0.39 is 0 Å². The maximum absolute atomic E-state index is 12.6. The highest BCUT2D eigenvalue weighted by Gasteiger charge is 2.28. The maximum Gasteiger partial charge on any atom is 0.254 e. The van der Waals surface area contributed by atoms with Gasteiger partial charge in [0.05, 0.1) is 6.54 Å². The van der Waals surface area contributed by atoms with Gasteiger partial charge in [0.1, 0.15) is 0 Å². The van der Waals surface area contributed by atoms with Crippen LogP contribution in [-0.4, -0.2) is 36.3 Å². The molecule has 2 aromatic carbocycles. The average molecular weight is 425 g/mol. The maximum atomic E-state index is 12.6. The summed E-state index contributed by atoms with van der Waals surface area (Å²) in [5, 5.41) is 3.56. The second-order valence-electron chi connectivity index (χ2n) is 8.77. The lowest BCUT2D eigenvalue weighted by Crippen LogP contribution is -2.49. The molecule has 2 aromatic rings. The molecule has 158 valence electrons. The van der Waals surface area contributed by atoms with Gasteiger partial charge in [-0.2, -0.15) is 0 Å². The zero-order valence-electron chi connectivity index (χ0n) is 17.4. The van der Waals surface area contributed by atoms with Gasteiger partial charge < -0.3 is 10.2 Å². The lowest BCUT2D eigenvalue weighted by Gasteiger charge is -2.26. The molecule has 0 spiro atoms. The van der Waals surface area contributed by atoms with Gasteiger partial charge in [0.2, 0.25) is 5.91 Å². The van der Waals surface area contributed by atoms with E-state index in [-0.39, 0.29) is 18.4 Å². The summed E-state index contributed by atoms with van der Waals surface area (Å²) >= 11 is 6.15. The minimum atomic E-state index is -0.0878. The van der Waals surface area contributed by atoms with Crippen molar-refractivity contribution in [2.45, 2.75) is 44.4 Å². The Morgan fingerprint density at radius 3 is 2.73 bits per heavy atom. The third kappa shape index (κ3) is 4.86. The predicted octanol–water partition coefficient (Wildman–Crippen LogP) is 4.99. The standard InChI is InChI=1S/C25H29ClN2O2/c1-17(21-3-2-4-23(26)15-21)13-18-5-6-22(14-18)19-7-9-20(10-8-19)25(30)28-12-11-27-24(29)16-28/h2-4,7-10,15,17-18,22H,5-6,11-14,16H2,1H3,(H,27,29)/t17-,18+,22+/m0/s1. The molecule has 1 saturated heterocycles. The largest absolute Gasteiger partial charge is 0.353 e. The van der Waals surface area contributed by atoms with Crippen LogP contribution < -0.4 is 5.32 Å². The van der Waals surface area contributed by atoms with Gasteiger partial charge in [-0.05, 0) is 78.8 Å².